The van der Waals surface area contributed by atoms with Gasteiger partial charge in [0.1, 0.15) is 0 Å². The molecule has 3 atom stereocenters. The van der Waals surface area contributed by atoms with E-state index in [-0.39, 0.29) is 23.8 Å². The Bertz CT molecular complexity index is 1350. The molecule has 2 heterocycles. The molecule has 1 N–H and O–H groups in total. The van der Waals surface area contributed by atoms with Crippen molar-refractivity contribution in [3.05, 3.63) is 89.1 Å². The van der Waals surface area contributed by atoms with Crippen LogP contribution in [-0.2, 0) is 0 Å². The lowest BCUT2D eigenvalue weighted by Gasteiger charge is -2.22. The maximum Gasteiger partial charge on any atom is 0.258 e. The lowest BCUT2D eigenvalue weighted by Crippen LogP contribution is -2.26. The number of rotatable bonds is 5. The SMILES string of the molecule is Cc1noc(C2C=CC(=NCCNC3c4ccccc4C(=O)N(C)c4ccccc43)C(C#N)C2)n1. The number of aryl methyl sites for hydroxylation is 1. The van der Waals surface area contributed by atoms with E-state index in [2.05, 4.69) is 27.6 Å². The summed E-state index contributed by atoms with van der Waals surface area (Å²) in [4.78, 5) is 23.8. The minimum atomic E-state index is -0.331. The molecule has 35 heavy (non-hydrogen) atoms. The molecule has 0 fully saturated rings. The van der Waals surface area contributed by atoms with Gasteiger partial charge in [-0.15, -0.1) is 0 Å². The summed E-state index contributed by atoms with van der Waals surface area (Å²) in [5, 5.41) is 17.2. The molecule has 0 radical (unpaired) electrons. The molecule has 2 aliphatic rings. The van der Waals surface area contributed by atoms with E-state index in [1.165, 1.54) is 0 Å². The summed E-state index contributed by atoms with van der Waals surface area (Å²) in [6.07, 6.45) is 4.44. The fraction of sp³-hybridized carbons (Fsp3) is 0.296. The van der Waals surface area contributed by atoms with Crippen molar-refractivity contribution in [2.75, 3.05) is 25.0 Å². The first-order chi connectivity index (χ1) is 17.1. The van der Waals surface area contributed by atoms with Gasteiger partial charge in [0.25, 0.3) is 5.91 Å². The monoisotopic (exact) mass is 466 g/mol. The molecule has 0 spiro atoms. The second-order valence-corrected chi connectivity index (χ2v) is 8.77. The quantitative estimate of drug-likeness (QED) is 0.570. The van der Waals surface area contributed by atoms with E-state index in [9.17, 15) is 10.1 Å². The highest BCUT2D eigenvalue weighted by molar-refractivity contribution is 6.08. The zero-order valence-corrected chi connectivity index (χ0v) is 19.7. The highest BCUT2D eigenvalue weighted by atomic mass is 16.5. The third kappa shape index (κ3) is 4.38. The first-order valence-corrected chi connectivity index (χ1v) is 11.7. The van der Waals surface area contributed by atoms with Crippen LogP contribution in [0.2, 0.25) is 0 Å². The number of nitrogens with zero attached hydrogens (tertiary/aromatic N) is 5. The molecule has 1 aromatic heterocycles. The number of aliphatic imine (C=N–C) groups is 1. The number of allylic oxidation sites excluding steroid dienone is 2. The van der Waals surface area contributed by atoms with Gasteiger partial charge in [-0.3, -0.25) is 9.79 Å². The number of fused-ring (bicyclic) bond motifs is 2. The van der Waals surface area contributed by atoms with Crippen molar-refractivity contribution in [3.8, 4) is 6.07 Å². The summed E-state index contributed by atoms with van der Waals surface area (Å²) < 4.78 is 5.28. The van der Waals surface area contributed by atoms with E-state index in [1.807, 2.05) is 61.7 Å². The molecule has 5 rings (SSSR count). The predicted molar refractivity (Wildman–Crippen MR) is 132 cm³/mol. The van der Waals surface area contributed by atoms with Crippen LogP contribution in [0.25, 0.3) is 0 Å². The molecule has 176 valence electrons. The minimum absolute atomic E-state index is 0.0206. The third-order valence-electron chi connectivity index (χ3n) is 6.53. The van der Waals surface area contributed by atoms with Gasteiger partial charge in [-0.2, -0.15) is 10.2 Å². The van der Waals surface area contributed by atoms with E-state index in [1.54, 1.807) is 11.8 Å². The normalized spacial score (nSPS) is 22.4. The predicted octanol–water partition coefficient (Wildman–Crippen LogP) is 3.97. The summed E-state index contributed by atoms with van der Waals surface area (Å²) >= 11 is 0. The number of benzene rings is 2. The largest absolute Gasteiger partial charge is 0.339 e. The van der Waals surface area contributed by atoms with Gasteiger partial charge in [0, 0.05) is 24.8 Å². The van der Waals surface area contributed by atoms with Gasteiger partial charge in [-0.1, -0.05) is 47.6 Å². The van der Waals surface area contributed by atoms with Crippen molar-refractivity contribution in [1.29, 1.82) is 5.26 Å². The van der Waals surface area contributed by atoms with Crippen LogP contribution in [0.5, 0.6) is 0 Å². The zero-order chi connectivity index (χ0) is 24.4. The Morgan fingerprint density at radius 1 is 1.20 bits per heavy atom. The number of nitriles is 1. The Labute approximate surface area is 204 Å². The first kappa shape index (κ1) is 22.7. The molecule has 8 heteroatoms. The number of anilines is 1. The molecule has 8 nitrogen and oxygen atoms in total. The summed E-state index contributed by atoms with van der Waals surface area (Å²) in [5.74, 6) is 0.689. The van der Waals surface area contributed by atoms with Crippen molar-refractivity contribution < 1.29 is 9.32 Å². The molecule has 0 bridgehead atoms. The molecule has 0 saturated carbocycles. The molecule has 1 aliphatic heterocycles. The van der Waals surface area contributed by atoms with Crippen LogP contribution in [0.3, 0.4) is 0 Å². The first-order valence-electron chi connectivity index (χ1n) is 11.7. The molecule has 1 aliphatic carbocycles. The Morgan fingerprint density at radius 3 is 2.74 bits per heavy atom. The number of carbonyl (C=O) groups excluding carboxylic acids is 1. The van der Waals surface area contributed by atoms with Crippen molar-refractivity contribution in [2.24, 2.45) is 10.9 Å². The van der Waals surface area contributed by atoms with E-state index in [0.717, 1.165) is 22.5 Å². The lowest BCUT2D eigenvalue weighted by molar-refractivity contribution is 0.0993. The third-order valence-corrected chi connectivity index (χ3v) is 6.53. The van der Waals surface area contributed by atoms with Gasteiger partial charge in [0.15, 0.2) is 5.82 Å². The van der Waals surface area contributed by atoms with Gasteiger partial charge in [0.05, 0.1) is 36.2 Å². The van der Waals surface area contributed by atoms with E-state index in [0.29, 0.717) is 36.8 Å². The average Bonchev–Trinajstić information content (AvgIpc) is 3.31. The molecular formula is C27H26N6O2. The highest BCUT2D eigenvalue weighted by Gasteiger charge is 2.30. The molecule has 1 amide bonds. The average molecular weight is 467 g/mol. The summed E-state index contributed by atoms with van der Waals surface area (Å²) in [5.41, 5.74) is 4.34. The van der Waals surface area contributed by atoms with Crippen LogP contribution in [0.4, 0.5) is 5.69 Å². The molecular weight excluding hydrogens is 440 g/mol. The van der Waals surface area contributed by atoms with E-state index in [4.69, 9.17) is 9.52 Å². The van der Waals surface area contributed by atoms with Gasteiger partial charge >= 0.3 is 0 Å². The Hall–Kier alpha value is -4.09. The number of hydrogen-bond acceptors (Lipinski definition) is 7. The van der Waals surface area contributed by atoms with Crippen LogP contribution >= 0.6 is 0 Å². The number of hydrogen-bond donors (Lipinski definition) is 1. The number of para-hydroxylation sites is 1. The number of amides is 1. The second-order valence-electron chi connectivity index (χ2n) is 8.77. The van der Waals surface area contributed by atoms with Crippen molar-refractivity contribution >= 4 is 17.3 Å². The summed E-state index contributed by atoms with van der Waals surface area (Å²) in [6, 6.07) is 17.9. The van der Waals surface area contributed by atoms with Gasteiger partial charge in [-0.25, -0.2) is 0 Å². The number of aromatic nitrogens is 2. The number of carbonyl (C=O) groups is 1. The maximum atomic E-state index is 13.1. The topological polar surface area (TPSA) is 107 Å². The van der Waals surface area contributed by atoms with Crippen LogP contribution in [0.15, 0.2) is 70.2 Å². The Balaban J connectivity index is 1.34. The molecule has 2 aromatic carbocycles. The summed E-state index contributed by atoms with van der Waals surface area (Å²) in [6.45, 7) is 2.88. The minimum Gasteiger partial charge on any atom is -0.339 e. The smallest absolute Gasteiger partial charge is 0.258 e. The highest BCUT2D eigenvalue weighted by Crippen LogP contribution is 2.36. The van der Waals surface area contributed by atoms with E-state index < -0.39 is 0 Å². The fourth-order valence-electron chi connectivity index (χ4n) is 4.76. The molecule has 0 saturated heterocycles. The van der Waals surface area contributed by atoms with Crippen LogP contribution in [0, 0.1) is 24.2 Å². The Kier molecular flexibility index (Phi) is 6.25. The van der Waals surface area contributed by atoms with Crippen LogP contribution < -0.4 is 10.2 Å². The number of nitrogens with one attached hydrogen (secondary N) is 1. The van der Waals surface area contributed by atoms with Crippen LogP contribution in [-0.4, -0.2) is 41.9 Å². The Morgan fingerprint density at radius 2 is 1.97 bits per heavy atom. The van der Waals surface area contributed by atoms with Gasteiger partial charge in [-0.05, 0) is 42.7 Å². The van der Waals surface area contributed by atoms with Crippen molar-refractivity contribution in [2.45, 2.75) is 25.3 Å². The van der Waals surface area contributed by atoms with Gasteiger partial charge in [0.2, 0.25) is 5.89 Å². The van der Waals surface area contributed by atoms with Crippen molar-refractivity contribution in [1.82, 2.24) is 15.5 Å². The zero-order valence-electron chi connectivity index (χ0n) is 19.7. The maximum absolute atomic E-state index is 13.1. The summed E-state index contributed by atoms with van der Waals surface area (Å²) in [7, 11) is 1.81. The molecule has 3 aromatic rings. The van der Waals surface area contributed by atoms with Crippen LogP contribution in [0.1, 0.15) is 51.6 Å². The van der Waals surface area contributed by atoms with E-state index >= 15 is 0 Å². The molecule has 3 unspecified atom stereocenters. The fourth-order valence-corrected chi connectivity index (χ4v) is 4.76. The standard InChI is InChI=1S/C27H26N6O2/c1-17-31-26(35-32-17)18-11-12-23(19(15-18)16-28)29-13-14-30-25-20-7-3-4-8-21(20)27(34)33(2)24-10-6-5-9-22(24)25/h3-12,18-19,25,30H,13-15H2,1-2H3. The van der Waals surface area contributed by atoms with Crippen molar-refractivity contribution in [3.63, 3.8) is 0 Å². The van der Waals surface area contributed by atoms with Gasteiger partial charge < -0.3 is 14.7 Å². The lowest BCUT2D eigenvalue weighted by atomic mass is 9.86. The second kappa shape index (κ2) is 9.65.